The van der Waals surface area contributed by atoms with E-state index in [0.29, 0.717) is 5.13 Å². The highest BCUT2D eigenvalue weighted by atomic mass is 32.1. The summed E-state index contributed by atoms with van der Waals surface area (Å²) in [6, 6.07) is 7.79. The number of thiazole rings is 1. The lowest BCUT2D eigenvalue weighted by molar-refractivity contribution is -0.117. The van der Waals surface area contributed by atoms with Gasteiger partial charge in [-0.05, 0) is 12.1 Å². The van der Waals surface area contributed by atoms with Gasteiger partial charge in [-0.25, -0.2) is 4.98 Å². The number of anilines is 1. The van der Waals surface area contributed by atoms with Crippen molar-refractivity contribution in [2.24, 2.45) is 5.73 Å². The number of hydrogen-bond acceptors (Lipinski definition) is 4. The molecule has 0 saturated heterocycles. The first-order chi connectivity index (χ1) is 7.22. The van der Waals surface area contributed by atoms with Crippen LogP contribution in [0, 0.1) is 0 Å². The summed E-state index contributed by atoms with van der Waals surface area (Å²) >= 11 is 1.49. The van der Waals surface area contributed by atoms with Crippen LogP contribution in [0.25, 0.3) is 10.2 Å². The monoisotopic (exact) mass is 221 g/mol. The van der Waals surface area contributed by atoms with Gasteiger partial charge in [0.25, 0.3) is 0 Å². The molecule has 1 amide bonds. The van der Waals surface area contributed by atoms with Gasteiger partial charge >= 0.3 is 0 Å². The molecule has 0 unspecified atom stereocenters. The molecule has 0 radical (unpaired) electrons. The van der Waals surface area contributed by atoms with Gasteiger partial charge in [0.2, 0.25) is 5.91 Å². The van der Waals surface area contributed by atoms with E-state index in [-0.39, 0.29) is 12.5 Å². The highest BCUT2D eigenvalue weighted by Gasteiger charge is 2.13. The Kier molecular flexibility index (Phi) is 2.66. The van der Waals surface area contributed by atoms with E-state index < -0.39 is 0 Å². The maximum atomic E-state index is 11.4. The summed E-state index contributed by atoms with van der Waals surface area (Å²) < 4.78 is 1.07. The fraction of sp³-hybridized carbons (Fsp3) is 0.200. The summed E-state index contributed by atoms with van der Waals surface area (Å²) in [5.41, 5.74) is 6.20. The Bertz CT molecular complexity index is 461. The van der Waals surface area contributed by atoms with E-state index in [1.807, 2.05) is 24.3 Å². The third kappa shape index (κ3) is 1.84. The second-order valence-corrected chi connectivity index (χ2v) is 4.13. The summed E-state index contributed by atoms with van der Waals surface area (Å²) in [6.45, 7) is 0.00637. The zero-order valence-electron chi connectivity index (χ0n) is 8.30. The molecule has 1 aromatic carbocycles. The maximum absolute atomic E-state index is 11.4. The number of carbonyl (C=O) groups excluding carboxylic acids is 1. The number of aromatic nitrogens is 1. The van der Waals surface area contributed by atoms with Gasteiger partial charge in [-0.2, -0.15) is 0 Å². The number of carbonyl (C=O) groups is 1. The van der Waals surface area contributed by atoms with Crippen LogP contribution in [0.5, 0.6) is 0 Å². The Balaban J connectivity index is 2.40. The molecule has 0 aliphatic carbocycles. The van der Waals surface area contributed by atoms with Crippen molar-refractivity contribution in [3.05, 3.63) is 24.3 Å². The van der Waals surface area contributed by atoms with Gasteiger partial charge in [0.05, 0.1) is 16.8 Å². The number of nitrogens with two attached hydrogens (primary N) is 1. The summed E-state index contributed by atoms with van der Waals surface area (Å²) in [5.74, 6) is -0.131. The minimum Gasteiger partial charge on any atom is -0.322 e. The second-order valence-electron chi connectivity index (χ2n) is 3.12. The third-order valence-corrected chi connectivity index (χ3v) is 3.23. The zero-order chi connectivity index (χ0) is 10.8. The topological polar surface area (TPSA) is 59.2 Å². The predicted octanol–water partition coefficient (Wildman–Crippen LogP) is 1.22. The van der Waals surface area contributed by atoms with Crippen LogP contribution in [0.2, 0.25) is 0 Å². The molecule has 4 nitrogen and oxygen atoms in total. The lowest BCUT2D eigenvalue weighted by Crippen LogP contribution is -2.32. The van der Waals surface area contributed by atoms with Crippen molar-refractivity contribution >= 4 is 32.6 Å². The van der Waals surface area contributed by atoms with Crippen LogP contribution in [0.4, 0.5) is 5.13 Å². The first-order valence-corrected chi connectivity index (χ1v) is 5.36. The smallest absolute Gasteiger partial charge is 0.242 e. The lowest BCUT2D eigenvalue weighted by Gasteiger charge is -2.11. The molecular formula is C10H11N3OS. The molecule has 0 aliphatic rings. The first kappa shape index (κ1) is 10.1. The van der Waals surface area contributed by atoms with E-state index in [2.05, 4.69) is 4.98 Å². The van der Waals surface area contributed by atoms with Crippen LogP contribution in [0.15, 0.2) is 24.3 Å². The van der Waals surface area contributed by atoms with Gasteiger partial charge < -0.3 is 5.73 Å². The van der Waals surface area contributed by atoms with Gasteiger partial charge in [0.1, 0.15) is 0 Å². The number of rotatable bonds is 2. The maximum Gasteiger partial charge on any atom is 0.242 e. The molecule has 0 atom stereocenters. The van der Waals surface area contributed by atoms with Crippen LogP contribution in [-0.2, 0) is 4.79 Å². The molecular weight excluding hydrogens is 210 g/mol. The first-order valence-electron chi connectivity index (χ1n) is 4.54. The quantitative estimate of drug-likeness (QED) is 0.829. The van der Waals surface area contributed by atoms with Gasteiger partial charge in [-0.1, -0.05) is 23.5 Å². The molecule has 5 heteroatoms. The largest absolute Gasteiger partial charge is 0.322 e. The molecule has 2 rings (SSSR count). The number of fused-ring (bicyclic) bond motifs is 1. The third-order valence-electron chi connectivity index (χ3n) is 2.12. The van der Waals surface area contributed by atoms with Crippen molar-refractivity contribution in [3.8, 4) is 0 Å². The average Bonchev–Trinajstić information content (AvgIpc) is 2.70. The molecule has 0 spiro atoms. The number of amides is 1. The second kappa shape index (κ2) is 3.96. The molecule has 0 bridgehead atoms. The Labute approximate surface area is 91.3 Å². The summed E-state index contributed by atoms with van der Waals surface area (Å²) in [6.07, 6.45) is 0. The van der Waals surface area contributed by atoms with Crippen molar-refractivity contribution < 1.29 is 4.79 Å². The predicted molar refractivity (Wildman–Crippen MR) is 62.1 cm³/mol. The highest BCUT2D eigenvalue weighted by molar-refractivity contribution is 7.22. The summed E-state index contributed by atoms with van der Waals surface area (Å²) in [7, 11) is 1.69. The Morgan fingerprint density at radius 3 is 2.93 bits per heavy atom. The van der Waals surface area contributed by atoms with Crippen molar-refractivity contribution in [1.82, 2.24) is 4.98 Å². The molecule has 0 saturated carbocycles. The van der Waals surface area contributed by atoms with Crippen molar-refractivity contribution in [1.29, 1.82) is 0 Å². The molecule has 1 heterocycles. The zero-order valence-corrected chi connectivity index (χ0v) is 9.12. The molecule has 15 heavy (non-hydrogen) atoms. The molecule has 1 aromatic heterocycles. The molecule has 0 fully saturated rings. The summed E-state index contributed by atoms with van der Waals surface area (Å²) in [5, 5.41) is 0.687. The number of nitrogens with zero attached hydrogens (tertiary/aromatic N) is 2. The lowest BCUT2D eigenvalue weighted by atomic mass is 10.3. The minimum atomic E-state index is -0.131. The normalized spacial score (nSPS) is 10.5. The van der Waals surface area contributed by atoms with E-state index in [9.17, 15) is 4.79 Å². The molecule has 2 N–H and O–H groups in total. The fourth-order valence-corrected chi connectivity index (χ4v) is 2.19. The molecule has 0 aliphatic heterocycles. The van der Waals surface area contributed by atoms with E-state index in [0.717, 1.165) is 10.2 Å². The van der Waals surface area contributed by atoms with Crippen LogP contribution in [0.3, 0.4) is 0 Å². The van der Waals surface area contributed by atoms with Crippen molar-refractivity contribution in [3.63, 3.8) is 0 Å². The molecule has 2 aromatic rings. The van der Waals surface area contributed by atoms with Crippen molar-refractivity contribution in [2.45, 2.75) is 0 Å². The Morgan fingerprint density at radius 2 is 2.27 bits per heavy atom. The van der Waals surface area contributed by atoms with Gasteiger partial charge in [0.15, 0.2) is 5.13 Å². The Hall–Kier alpha value is -1.46. The average molecular weight is 221 g/mol. The van der Waals surface area contributed by atoms with E-state index >= 15 is 0 Å². The fourth-order valence-electron chi connectivity index (χ4n) is 1.25. The number of likely N-dealkylation sites (N-methyl/N-ethyl adjacent to an activating group) is 1. The Morgan fingerprint density at radius 1 is 1.53 bits per heavy atom. The minimum absolute atomic E-state index is 0.00637. The number of benzene rings is 1. The molecule has 78 valence electrons. The van der Waals surface area contributed by atoms with Gasteiger partial charge in [-0.15, -0.1) is 0 Å². The van der Waals surface area contributed by atoms with Crippen molar-refractivity contribution in [2.75, 3.05) is 18.5 Å². The van der Waals surface area contributed by atoms with Crippen LogP contribution in [-0.4, -0.2) is 24.5 Å². The number of hydrogen-bond donors (Lipinski definition) is 1. The van der Waals surface area contributed by atoms with Crippen LogP contribution in [0.1, 0.15) is 0 Å². The summed E-state index contributed by atoms with van der Waals surface area (Å²) in [4.78, 5) is 17.2. The standard InChI is InChI=1S/C10H11N3OS/c1-13(9(14)6-11)10-12-7-4-2-3-5-8(7)15-10/h2-5H,6,11H2,1H3. The van der Waals surface area contributed by atoms with Crippen LogP contribution >= 0.6 is 11.3 Å². The van der Waals surface area contributed by atoms with E-state index in [1.165, 1.54) is 16.2 Å². The highest BCUT2D eigenvalue weighted by Crippen LogP contribution is 2.27. The van der Waals surface area contributed by atoms with Crippen LogP contribution < -0.4 is 10.6 Å². The number of para-hydroxylation sites is 1. The SMILES string of the molecule is CN(C(=O)CN)c1nc2ccccc2s1. The van der Waals surface area contributed by atoms with Gasteiger partial charge in [0, 0.05) is 7.05 Å². The van der Waals surface area contributed by atoms with Gasteiger partial charge in [-0.3, -0.25) is 9.69 Å². The van der Waals surface area contributed by atoms with E-state index in [1.54, 1.807) is 7.05 Å². The van der Waals surface area contributed by atoms with E-state index in [4.69, 9.17) is 5.73 Å².